The Bertz CT molecular complexity index is 673. The molecule has 20 heavy (non-hydrogen) atoms. The topological polar surface area (TPSA) is 29.4 Å². The molecule has 1 heterocycles. The Balaban J connectivity index is 1.96. The fraction of sp³-hybridized carbons (Fsp3) is 0.294. The van der Waals surface area contributed by atoms with Gasteiger partial charge < -0.3 is 0 Å². The maximum Gasteiger partial charge on any atom is 0.0784 e. The average Bonchev–Trinajstić information content (AvgIpc) is 2.52. The first kappa shape index (κ1) is 13.4. The lowest BCUT2D eigenvalue weighted by molar-refractivity contribution is 0.612. The molecule has 1 aliphatic heterocycles. The van der Waals surface area contributed by atoms with Crippen molar-refractivity contribution in [1.29, 1.82) is 0 Å². The second-order valence-electron chi connectivity index (χ2n) is 5.19. The molecule has 0 aromatic heterocycles. The largest absolute Gasteiger partial charge is 0.244 e. The van der Waals surface area contributed by atoms with Crippen LogP contribution in [0.4, 0.5) is 0 Å². The molecule has 0 aliphatic carbocycles. The van der Waals surface area contributed by atoms with E-state index in [1.807, 2.05) is 48.5 Å². The van der Waals surface area contributed by atoms with E-state index in [4.69, 9.17) is 0 Å². The molecule has 3 rings (SSSR count). The van der Waals surface area contributed by atoms with Crippen LogP contribution in [0.3, 0.4) is 0 Å². The Morgan fingerprint density at radius 1 is 1.00 bits per heavy atom. The normalized spacial score (nSPS) is 25.9. The number of nitrogens with zero attached hydrogens (tertiary/aromatic N) is 1. The van der Waals surface area contributed by atoms with Crippen LogP contribution in [0.5, 0.6) is 0 Å². The minimum Gasteiger partial charge on any atom is -0.244 e. The van der Waals surface area contributed by atoms with Gasteiger partial charge in [-0.3, -0.25) is 0 Å². The van der Waals surface area contributed by atoms with Crippen LogP contribution < -0.4 is 0 Å². The molecule has 0 amide bonds. The van der Waals surface area contributed by atoms with Gasteiger partial charge in [0.1, 0.15) is 0 Å². The van der Waals surface area contributed by atoms with Gasteiger partial charge in [0.05, 0.1) is 15.0 Å². The fourth-order valence-electron chi connectivity index (χ4n) is 2.76. The highest BCUT2D eigenvalue weighted by Gasteiger charge is 2.27. The van der Waals surface area contributed by atoms with Crippen LogP contribution >= 0.6 is 0 Å². The fourth-order valence-corrected chi connectivity index (χ4v) is 5.36. The van der Waals surface area contributed by atoms with E-state index in [1.165, 1.54) is 5.56 Å². The van der Waals surface area contributed by atoms with E-state index in [9.17, 15) is 4.21 Å². The summed E-state index contributed by atoms with van der Waals surface area (Å²) in [5.74, 6) is 0. The van der Waals surface area contributed by atoms with Crippen molar-refractivity contribution < 1.29 is 4.21 Å². The summed E-state index contributed by atoms with van der Waals surface area (Å²) >= 11 is 0. The van der Waals surface area contributed by atoms with E-state index in [0.29, 0.717) is 0 Å². The van der Waals surface area contributed by atoms with Gasteiger partial charge in [0.25, 0.3) is 0 Å². The molecule has 0 radical (unpaired) electrons. The zero-order chi connectivity index (χ0) is 13.8. The maximum atomic E-state index is 13.4. The molecule has 2 aromatic carbocycles. The summed E-state index contributed by atoms with van der Waals surface area (Å²) in [4.78, 5) is 0.889. The average molecular weight is 285 g/mol. The van der Waals surface area contributed by atoms with Gasteiger partial charge in [-0.25, -0.2) is 8.57 Å². The lowest BCUT2D eigenvalue weighted by Gasteiger charge is -2.25. The number of rotatable bonds is 3. The van der Waals surface area contributed by atoms with Crippen LogP contribution in [0.2, 0.25) is 0 Å². The van der Waals surface area contributed by atoms with Gasteiger partial charge >= 0.3 is 0 Å². The van der Waals surface area contributed by atoms with Gasteiger partial charge in [0.2, 0.25) is 0 Å². The number of benzene rings is 2. The van der Waals surface area contributed by atoms with Gasteiger partial charge in [-0.2, -0.15) is 0 Å². The van der Waals surface area contributed by atoms with Gasteiger partial charge in [0, 0.05) is 11.4 Å². The number of hydrogen-bond donors (Lipinski definition) is 0. The monoisotopic (exact) mass is 285 g/mol. The Labute approximate surface area is 121 Å². The molecule has 104 valence electrons. The molecule has 1 aliphatic rings. The molecular formula is C17H19NOS. The summed E-state index contributed by atoms with van der Waals surface area (Å²) < 4.78 is 17.9. The van der Waals surface area contributed by atoms with Crippen LogP contribution in [-0.2, 0) is 16.1 Å². The predicted molar refractivity (Wildman–Crippen MR) is 83.3 cm³/mol. The molecule has 2 aromatic rings. The Morgan fingerprint density at radius 2 is 1.65 bits per heavy atom. The predicted octanol–water partition coefficient (Wildman–Crippen LogP) is 3.92. The highest BCUT2D eigenvalue weighted by atomic mass is 32.2. The van der Waals surface area contributed by atoms with E-state index in [1.54, 1.807) is 0 Å². The molecule has 0 fully saturated rings. The first-order valence-corrected chi connectivity index (χ1v) is 8.67. The first-order chi connectivity index (χ1) is 9.79. The van der Waals surface area contributed by atoms with Crippen molar-refractivity contribution in [2.45, 2.75) is 29.4 Å². The lowest BCUT2D eigenvalue weighted by atomic mass is 10.1. The van der Waals surface area contributed by atoms with Crippen LogP contribution in [0.1, 0.15) is 18.4 Å². The molecule has 0 saturated heterocycles. The summed E-state index contributed by atoms with van der Waals surface area (Å²) in [7, 11) is -2.28. The van der Waals surface area contributed by atoms with Gasteiger partial charge in [-0.15, -0.1) is 0 Å². The first-order valence-electron chi connectivity index (χ1n) is 7.10. The molecular weight excluding hydrogens is 266 g/mol. The van der Waals surface area contributed by atoms with Gasteiger partial charge in [0.15, 0.2) is 0 Å². The molecule has 3 heteroatoms. The summed E-state index contributed by atoms with van der Waals surface area (Å²) in [6.07, 6.45) is 2.88. The smallest absolute Gasteiger partial charge is 0.0784 e. The van der Waals surface area contributed by atoms with Crippen LogP contribution in [-0.4, -0.2) is 16.0 Å². The molecule has 0 spiro atoms. The van der Waals surface area contributed by atoms with E-state index >= 15 is 0 Å². The van der Waals surface area contributed by atoms with Gasteiger partial charge in [-0.05, 0) is 37.0 Å². The minimum absolute atomic E-state index is 0.126. The maximum absolute atomic E-state index is 13.4. The second-order valence-corrected chi connectivity index (χ2v) is 7.72. The molecule has 2 atom stereocenters. The van der Waals surface area contributed by atoms with E-state index in [-0.39, 0.29) is 5.25 Å². The molecule has 2 nitrogen and oxygen atoms in total. The van der Waals surface area contributed by atoms with E-state index in [0.717, 1.165) is 30.7 Å². The van der Waals surface area contributed by atoms with Crippen LogP contribution in [0, 0.1) is 0 Å². The number of hydrogen-bond acceptors (Lipinski definition) is 2. The Morgan fingerprint density at radius 3 is 2.35 bits per heavy atom. The molecule has 0 unspecified atom stereocenters. The SMILES string of the molecule is O=[S@@]1(c2ccccc2)=NCCC[C@@H]1Cc1ccccc1. The van der Waals surface area contributed by atoms with Crippen molar-refractivity contribution in [2.24, 2.45) is 4.36 Å². The van der Waals surface area contributed by atoms with Crippen LogP contribution in [0.15, 0.2) is 69.9 Å². The van der Waals surface area contributed by atoms with Crippen molar-refractivity contribution in [3.63, 3.8) is 0 Å². The van der Waals surface area contributed by atoms with Crippen molar-refractivity contribution in [3.05, 3.63) is 66.2 Å². The Hall–Kier alpha value is -1.61. The second kappa shape index (κ2) is 5.80. The highest BCUT2D eigenvalue weighted by Crippen LogP contribution is 2.28. The minimum atomic E-state index is -2.28. The quantitative estimate of drug-likeness (QED) is 0.840. The van der Waals surface area contributed by atoms with Crippen molar-refractivity contribution in [1.82, 2.24) is 0 Å². The summed E-state index contributed by atoms with van der Waals surface area (Å²) in [5.41, 5.74) is 1.25. The standard InChI is InChI=1S/C17H19NOS/c19-20(16-10-5-2-6-11-16)17(12-7-13-18-20)14-15-8-3-1-4-9-15/h1-6,8-11,17H,7,12-14H2/t17-,20-/m1/s1. The molecule has 0 bridgehead atoms. The molecule has 0 N–H and O–H groups in total. The third-order valence-electron chi connectivity index (χ3n) is 3.81. The Kier molecular flexibility index (Phi) is 3.88. The highest BCUT2D eigenvalue weighted by molar-refractivity contribution is 7.94. The summed E-state index contributed by atoms with van der Waals surface area (Å²) in [6.45, 7) is 0.721. The van der Waals surface area contributed by atoms with Crippen LogP contribution in [0.25, 0.3) is 0 Å². The van der Waals surface area contributed by atoms with Crippen molar-refractivity contribution >= 4 is 9.73 Å². The van der Waals surface area contributed by atoms with Crippen molar-refractivity contribution in [3.8, 4) is 0 Å². The zero-order valence-corrected chi connectivity index (χ0v) is 12.3. The summed E-state index contributed by atoms with van der Waals surface area (Å²) in [5, 5.41) is 0.126. The molecule has 0 saturated carbocycles. The third kappa shape index (κ3) is 2.63. The van der Waals surface area contributed by atoms with Crippen molar-refractivity contribution in [2.75, 3.05) is 6.54 Å². The zero-order valence-electron chi connectivity index (χ0n) is 11.4. The third-order valence-corrected chi connectivity index (χ3v) is 6.63. The van der Waals surface area contributed by atoms with Gasteiger partial charge in [-0.1, -0.05) is 48.5 Å². The summed E-state index contributed by atoms with van der Waals surface area (Å²) in [6, 6.07) is 20.1. The van der Waals surface area contributed by atoms with E-state index in [2.05, 4.69) is 16.5 Å². The lowest BCUT2D eigenvalue weighted by Crippen LogP contribution is -2.27. The van der Waals surface area contributed by atoms with E-state index < -0.39 is 9.73 Å².